The molecule has 1 aliphatic heterocycles. The first-order valence-corrected chi connectivity index (χ1v) is 4.96. The Morgan fingerprint density at radius 3 is 2.85 bits per heavy atom. The number of piperidine rings is 1. The molecule has 1 atom stereocenters. The number of amides is 2. The fourth-order valence-corrected chi connectivity index (χ4v) is 1.46. The second kappa shape index (κ2) is 5.07. The molecule has 1 heterocycles. The Balaban J connectivity index is 2.18. The van der Waals surface area contributed by atoms with Crippen molar-refractivity contribution in [2.24, 2.45) is 0 Å². The minimum Gasteiger partial charge on any atom is -0.336 e. The average molecular weight is 185 g/mol. The van der Waals surface area contributed by atoms with Crippen molar-refractivity contribution in [2.45, 2.75) is 38.8 Å². The van der Waals surface area contributed by atoms with Crippen molar-refractivity contribution in [3.63, 3.8) is 0 Å². The van der Waals surface area contributed by atoms with Gasteiger partial charge in [0.2, 0.25) is 0 Å². The molecule has 13 heavy (non-hydrogen) atoms. The van der Waals surface area contributed by atoms with Gasteiger partial charge in [0.1, 0.15) is 0 Å². The predicted octanol–water partition coefficient (Wildman–Crippen LogP) is 0.446. The lowest BCUT2D eigenvalue weighted by Crippen LogP contribution is -2.50. The fourth-order valence-electron chi connectivity index (χ4n) is 1.46. The van der Waals surface area contributed by atoms with Crippen LogP contribution in [0.25, 0.3) is 0 Å². The summed E-state index contributed by atoms with van der Waals surface area (Å²) in [5.74, 6) is 0. The minimum absolute atomic E-state index is 0.0521. The van der Waals surface area contributed by atoms with E-state index in [1.807, 2.05) is 13.8 Å². The lowest BCUT2D eigenvalue weighted by Gasteiger charge is -2.24. The van der Waals surface area contributed by atoms with Gasteiger partial charge in [0.05, 0.1) is 0 Å². The molecule has 1 rings (SSSR count). The molecule has 0 aromatic rings. The highest BCUT2D eigenvalue weighted by atomic mass is 16.2. The maximum Gasteiger partial charge on any atom is 0.315 e. The van der Waals surface area contributed by atoms with Crippen LogP contribution in [0.4, 0.5) is 4.79 Å². The van der Waals surface area contributed by atoms with Crippen LogP contribution in [-0.4, -0.2) is 31.2 Å². The molecule has 1 aliphatic rings. The van der Waals surface area contributed by atoms with Gasteiger partial charge >= 0.3 is 6.03 Å². The van der Waals surface area contributed by atoms with Crippen LogP contribution in [0.5, 0.6) is 0 Å². The average Bonchev–Trinajstić information content (AvgIpc) is 2.04. The molecule has 3 N–H and O–H groups in total. The molecule has 76 valence electrons. The molecule has 1 fully saturated rings. The van der Waals surface area contributed by atoms with E-state index in [-0.39, 0.29) is 12.1 Å². The van der Waals surface area contributed by atoms with Gasteiger partial charge in [-0.1, -0.05) is 0 Å². The number of urea groups is 1. The number of carbonyl (C=O) groups is 1. The molecule has 4 heteroatoms. The standard InChI is InChI=1S/C9H19N3O/c1-7(2)11-9(13)12-8-4-3-5-10-6-8/h7-8,10H,3-6H2,1-2H3,(H2,11,12,13)/t8-/m0/s1. The van der Waals surface area contributed by atoms with Gasteiger partial charge in [0, 0.05) is 18.6 Å². The molecule has 0 aromatic heterocycles. The van der Waals surface area contributed by atoms with Crippen molar-refractivity contribution in [1.82, 2.24) is 16.0 Å². The summed E-state index contributed by atoms with van der Waals surface area (Å²) in [7, 11) is 0. The zero-order valence-corrected chi connectivity index (χ0v) is 8.39. The highest BCUT2D eigenvalue weighted by Gasteiger charge is 2.14. The topological polar surface area (TPSA) is 53.2 Å². The number of rotatable bonds is 2. The third-order valence-electron chi connectivity index (χ3n) is 2.05. The van der Waals surface area contributed by atoms with Crippen LogP contribution >= 0.6 is 0 Å². The minimum atomic E-state index is -0.0521. The molecule has 0 spiro atoms. The summed E-state index contributed by atoms with van der Waals surface area (Å²) in [4.78, 5) is 11.3. The van der Waals surface area contributed by atoms with Crippen LogP contribution in [0.3, 0.4) is 0 Å². The monoisotopic (exact) mass is 185 g/mol. The van der Waals surface area contributed by atoms with E-state index in [2.05, 4.69) is 16.0 Å². The Morgan fingerprint density at radius 2 is 2.31 bits per heavy atom. The highest BCUT2D eigenvalue weighted by Crippen LogP contribution is 2.00. The normalized spacial score (nSPS) is 22.8. The van der Waals surface area contributed by atoms with Gasteiger partial charge in [-0.05, 0) is 33.2 Å². The van der Waals surface area contributed by atoms with Crippen LogP contribution in [0.1, 0.15) is 26.7 Å². The van der Waals surface area contributed by atoms with Gasteiger partial charge in [0.25, 0.3) is 0 Å². The van der Waals surface area contributed by atoms with Crippen molar-refractivity contribution in [3.05, 3.63) is 0 Å². The fraction of sp³-hybridized carbons (Fsp3) is 0.889. The van der Waals surface area contributed by atoms with Gasteiger partial charge in [-0.15, -0.1) is 0 Å². The van der Waals surface area contributed by atoms with Crippen molar-refractivity contribution < 1.29 is 4.79 Å². The summed E-state index contributed by atoms with van der Waals surface area (Å²) in [6.07, 6.45) is 2.23. The lowest BCUT2D eigenvalue weighted by atomic mass is 10.1. The number of hydrogen-bond acceptors (Lipinski definition) is 2. The van der Waals surface area contributed by atoms with E-state index in [0.717, 1.165) is 25.9 Å². The molecule has 0 radical (unpaired) electrons. The number of carbonyl (C=O) groups excluding carboxylic acids is 1. The van der Waals surface area contributed by atoms with E-state index < -0.39 is 0 Å². The molecule has 0 saturated carbocycles. The first-order valence-electron chi connectivity index (χ1n) is 4.96. The zero-order chi connectivity index (χ0) is 9.68. The summed E-state index contributed by atoms with van der Waals surface area (Å²) < 4.78 is 0. The van der Waals surface area contributed by atoms with E-state index in [4.69, 9.17) is 0 Å². The maximum atomic E-state index is 11.3. The van der Waals surface area contributed by atoms with E-state index in [1.165, 1.54) is 0 Å². The molecule has 0 aromatic carbocycles. The first-order chi connectivity index (χ1) is 6.18. The van der Waals surface area contributed by atoms with E-state index in [1.54, 1.807) is 0 Å². The molecular formula is C9H19N3O. The smallest absolute Gasteiger partial charge is 0.315 e. The van der Waals surface area contributed by atoms with Gasteiger partial charge in [-0.2, -0.15) is 0 Å². The Kier molecular flexibility index (Phi) is 4.02. The van der Waals surface area contributed by atoms with E-state index in [0.29, 0.717) is 6.04 Å². The SMILES string of the molecule is CC(C)NC(=O)N[C@H]1CCCNC1. The van der Waals surface area contributed by atoms with E-state index >= 15 is 0 Å². The second-order valence-corrected chi connectivity index (χ2v) is 3.82. The molecule has 0 unspecified atom stereocenters. The van der Waals surface area contributed by atoms with Crippen LogP contribution in [-0.2, 0) is 0 Å². The quantitative estimate of drug-likeness (QED) is 0.585. The summed E-state index contributed by atoms with van der Waals surface area (Å²) in [6, 6.07) is 0.452. The molecule has 1 saturated heterocycles. The Labute approximate surface area is 79.5 Å². The van der Waals surface area contributed by atoms with Crippen LogP contribution in [0.2, 0.25) is 0 Å². The van der Waals surface area contributed by atoms with Crippen molar-refractivity contribution >= 4 is 6.03 Å². The summed E-state index contributed by atoms with van der Waals surface area (Å²) in [5.41, 5.74) is 0. The summed E-state index contributed by atoms with van der Waals surface area (Å²) >= 11 is 0. The van der Waals surface area contributed by atoms with Crippen molar-refractivity contribution in [2.75, 3.05) is 13.1 Å². The number of nitrogens with one attached hydrogen (secondary N) is 3. The first kappa shape index (κ1) is 10.3. The second-order valence-electron chi connectivity index (χ2n) is 3.82. The largest absolute Gasteiger partial charge is 0.336 e. The van der Waals surface area contributed by atoms with Crippen molar-refractivity contribution in [3.8, 4) is 0 Å². The molecule has 0 bridgehead atoms. The zero-order valence-electron chi connectivity index (χ0n) is 8.39. The van der Waals surface area contributed by atoms with Gasteiger partial charge in [-0.3, -0.25) is 0 Å². The molecular weight excluding hydrogens is 166 g/mol. The van der Waals surface area contributed by atoms with Gasteiger partial charge in [-0.25, -0.2) is 4.79 Å². The molecule has 4 nitrogen and oxygen atoms in total. The van der Waals surface area contributed by atoms with Crippen LogP contribution in [0.15, 0.2) is 0 Å². The van der Waals surface area contributed by atoms with Gasteiger partial charge < -0.3 is 16.0 Å². The van der Waals surface area contributed by atoms with E-state index in [9.17, 15) is 4.79 Å². The Hall–Kier alpha value is -0.770. The highest BCUT2D eigenvalue weighted by molar-refractivity contribution is 5.74. The summed E-state index contributed by atoms with van der Waals surface area (Å²) in [5, 5.41) is 9.00. The third-order valence-corrected chi connectivity index (χ3v) is 2.05. The van der Waals surface area contributed by atoms with Gasteiger partial charge in [0.15, 0.2) is 0 Å². The van der Waals surface area contributed by atoms with Crippen LogP contribution < -0.4 is 16.0 Å². The third kappa shape index (κ3) is 4.12. The molecule has 2 amide bonds. The van der Waals surface area contributed by atoms with Crippen LogP contribution in [0, 0.1) is 0 Å². The molecule has 0 aliphatic carbocycles. The predicted molar refractivity (Wildman–Crippen MR) is 52.7 cm³/mol. The van der Waals surface area contributed by atoms with Crippen molar-refractivity contribution in [1.29, 1.82) is 0 Å². The lowest BCUT2D eigenvalue weighted by molar-refractivity contribution is 0.231. The summed E-state index contributed by atoms with van der Waals surface area (Å²) in [6.45, 7) is 5.88. The number of hydrogen-bond donors (Lipinski definition) is 3. The Bertz CT molecular complexity index is 164. The Morgan fingerprint density at radius 1 is 1.54 bits per heavy atom. The maximum absolute atomic E-state index is 11.3.